The van der Waals surface area contributed by atoms with Gasteiger partial charge in [0, 0.05) is 5.69 Å². The van der Waals surface area contributed by atoms with Crippen molar-refractivity contribution in [2.24, 2.45) is 0 Å². The highest BCUT2D eigenvalue weighted by Gasteiger charge is 2.04. The molecule has 0 bridgehead atoms. The van der Waals surface area contributed by atoms with Gasteiger partial charge in [-0.05, 0) is 31.5 Å². The fourth-order valence-electron chi connectivity index (χ4n) is 1.36. The fourth-order valence-corrected chi connectivity index (χ4v) is 1.36. The van der Waals surface area contributed by atoms with Gasteiger partial charge < -0.3 is 10.1 Å². The minimum atomic E-state index is -0.103. The van der Waals surface area contributed by atoms with Crippen LogP contribution in [-0.4, -0.2) is 18.6 Å². The molecule has 4 nitrogen and oxygen atoms in total. The van der Waals surface area contributed by atoms with E-state index in [9.17, 15) is 4.79 Å². The summed E-state index contributed by atoms with van der Waals surface area (Å²) in [6, 6.07) is 8.87. The maximum Gasteiger partial charge on any atom is 0.226 e. The summed E-state index contributed by atoms with van der Waals surface area (Å²) in [6.07, 6.45) is 1.44. The van der Waals surface area contributed by atoms with Gasteiger partial charge in [-0.3, -0.25) is 4.79 Å². The predicted octanol–water partition coefficient (Wildman–Crippen LogP) is 2.70. The Bertz CT molecular complexity index is 438. The topological polar surface area (TPSA) is 62.1 Å². The normalized spacial score (nSPS) is 11.6. The first kappa shape index (κ1) is 14.2. The fraction of sp³-hybridized carbons (Fsp3) is 0.429. The zero-order chi connectivity index (χ0) is 13.4. The summed E-state index contributed by atoms with van der Waals surface area (Å²) in [7, 11) is 0. The number of ether oxygens (including phenoxy) is 1. The standard InChI is InChI=1S/C14H18N2O2/c1-3-11(2)18-8-7-14(17)16-13-6-4-5-12(9-13)10-15/h4-6,9,11H,3,7-8H2,1-2H3,(H,16,17). The quantitative estimate of drug-likeness (QED) is 0.839. The molecule has 0 fully saturated rings. The first-order chi connectivity index (χ1) is 8.65. The van der Waals surface area contributed by atoms with Gasteiger partial charge in [-0.1, -0.05) is 13.0 Å². The Kier molecular flexibility index (Phi) is 5.89. The van der Waals surface area contributed by atoms with Gasteiger partial charge in [0.25, 0.3) is 0 Å². The number of nitriles is 1. The van der Waals surface area contributed by atoms with Crippen LogP contribution in [0, 0.1) is 11.3 Å². The third-order valence-corrected chi connectivity index (χ3v) is 2.58. The molecule has 0 saturated carbocycles. The van der Waals surface area contributed by atoms with Gasteiger partial charge in [-0.2, -0.15) is 5.26 Å². The van der Waals surface area contributed by atoms with Crippen LogP contribution in [-0.2, 0) is 9.53 Å². The smallest absolute Gasteiger partial charge is 0.226 e. The number of carbonyl (C=O) groups is 1. The summed E-state index contributed by atoms with van der Waals surface area (Å²) < 4.78 is 5.43. The number of amides is 1. The molecule has 1 N–H and O–H groups in total. The maximum absolute atomic E-state index is 11.6. The second kappa shape index (κ2) is 7.46. The molecule has 0 radical (unpaired) electrons. The molecule has 0 aliphatic heterocycles. The van der Waals surface area contributed by atoms with Crippen LogP contribution in [0.1, 0.15) is 32.3 Å². The Labute approximate surface area is 108 Å². The van der Waals surface area contributed by atoms with E-state index >= 15 is 0 Å². The number of hydrogen-bond donors (Lipinski definition) is 1. The molecular formula is C14H18N2O2. The highest BCUT2D eigenvalue weighted by molar-refractivity contribution is 5.90. The van der Waals surface area contributed by atoms with Crippen LogP contribution in [0.4, 0.5) is 5.69 Å². The molecule has 0 aromatic heterocycles. The van der Waals surface area contributed by atoms with Gasteiger partial charge >= 0.3 is 0 Å². The van der Waals surface area contributed by atoms with Crippen LogP contribution in [0.2, 0.25) is 0 Å². The minimum Gasteiger partial charge on any atom is -0.378 e. The van der Waals surface area contributed by atoms with Crippen LogP contribution < -0.4 is 5.32 Å². The first-order valence-corrected chi connectivity index (χ1v) is 6.07. The molecule has 18 heavy (non-hydrogen) atoms. The average molecular weight is 246 g/mol. The molecule has 1 amide bonds. The first-order valence-electron chi connectivity index (χ1n) is 6.07. The second-order valence-corrected chi connectivity index (χ2v) is 4.08. The molecule has 0 heterocycles. The number of hydrogen-bond acceptors (Lipinski definition) is 3. The molecule has 1 unspecified atom stereocenters. The van der Waals surface area contributed by atoms with Crippen LogP contribution in [0.5, 0.6) is 0 Å². The Morgan fingerprint density at radius 2 is 2.33 bits per heavy atom. The van der Waals surface area contributed by atoms with Crippen molar-refractivity contribution in [2.45, 2.75) is 32.8 Å². The highest BCUT2D eigenvalue weighted by Crippen LogP contribution is 2.10. The number of nitrogens with zero attached hydrogens (tertiary/aromatic N) is 1. The van der Waals surface area contributed by atoms with Crippen molar-refractivity contribution < 1.29 is 9.53 Å². The van der Waals surface area contributed by atoms with E-state index in [0.29, 0.717) is 24.3 Å². The van der Waals surface area contributed by atoms with Crippen molar-refractivity contribution >= 4 is 11.6 Å². The summed E-state index contributed by atoms with van der Waals surface area (Å²) in [6.45, 7) is 4.44. The Morgan fingerprint density at radius 1 is 1.56 bits per heavy atom. The number of rotatable bonds is 6. The van der Waals surface area contributed by atoms with Gasteiger partial charge in [0.05, 0.1) is 30.8 Å². The molecule has 0 aliphatic rings. The lowest BCUT2D eigenvalue weighted by Gasteiger charge is -2.10. The van der Waals surface area contributed by atoms with E-state index in [2.05, 4.69) is 5.32 Å². The lowest BCUT2D eigenvalue weighted by atomic mass is 10.2. The largest absolute Gasteiger partial charge is 0.378 e. The van der Waals surface area contributed by atoms with Crippen molar-refractivity contribution in [2.75, 3.05) is 11.9 Å². The third kappa shape index (κ3) is 4.98. The molecule has 0 spiro atoms. The van der Waals surface area contributed by atoms with Crippen molar-refractivity contribution in [3.63, 3.8) is 0 Å². The minimum absolute atomic E-state index is 0.103. The number of benzene rings is 1. The molecule has 1 rings (SSSR count). The van der Waals surface area contributed by atoms with Crippen LogP contribution >= 0.6 is 0 Å². The van der Waals surface area contributed by atoms with Crippen molar-refractivity contribution in [3.05, 3.63) is 29.8 Å². The molecule has 0 aliphatic carbocycles. The van der Waals surface area contributed by atoms with Crippen LogP contribution in [0.25, 0.3) is 0 Å². The lowest BCUT2D eigenvalue weighted by molar-refractivity contribution is -0.117. The van der Waals surface area contributed by atoms with Gasteiger partial charge in [0.2, 0.25) is 5.91 Å². The average Bonchev–Trinajstić information content (AvgIpc) is 2.38. The highest BCUT2D eigenvalue weighted by atomic mass is 16.5. The Hall–Kier alpha value is -1.86. The molecule has 0 saturated heterocycles. The zero-order valence-electron chi connectivity index (χ0n) is 10.8. The van der Waals surface area contributed by atoms with Crippen LogP contribution in [0.15, 0.2) is 24.3 Å². The van der Waals surface area contributed by atoms with E-state index in [1.807, 2.05) is 19.9 Å². The maximum atomic E-state index is 11.6. The van der Waals surface area contributed by atoms with E-state index in [1.165, 1.54) is 0 Å². The molecule has 1 aromatic carbocycles. The summed E-state index contributed by atoms with van der Waals surface area (Å²) in [5.41, 5.74) is 1.17. The van der Waals surface area contributed by atoms with E-state index in [0.717, 1.165) is 6.42 Å². The van der Waals surface area contributed by atoms with Gasteiger partial charge in [0.1, 0.15) is 0 Å². The summed E-state index contributed by atoms with van der Waals surface area (Å²) >= 11 is 0. The molecular weight excluding hydrogens is 228 g/mol. The van der Waals surface area contributed by atoms with E-state index in [1.54, 1.807) is 24.3 Å². The van der Waals surface area contributed by atoms with Gasteiger partial charge in [-0.25, -0.2) is 0 Å². The SMILES string of the molecule is CCC(C)OCCC(=O)Nc1cccc(C#N)c1. The summed E-state index contributed by atoms with van der Waals surface area (Å²) in [5.74, 6) is -0.103. The lowest BCUT2D eigenvalue weighted by Crippen LogP contribution is -2.16. The summed E-state index contributed by atoms with van der Waals surface area (Å²) in [4.78, 5) is 11.6. The van der Waals surface area contributed by atoms with Crippen molar-refractivity contribution in [1.82, 2.24) is 0 Å². The van der Waals surface area contributed by atoms with Crippen molar-refractivity contribution in [1.29, 1.82) is 5.26 Å². The van der Waals surface area contributed by atoms with Gasteiger partial charge in [0.15, 0.2) is 0 Å². The molecule has 1 atom stereocenters. The Morgan fingerprint density at radius 3 is 3.00 bits per heavy atom. The number of nitrogens with one attached hydrogen (secondary N) is 1. The Balaban J connectivity index is 2.38. The van der Waals surface area contributed by atoms with E-state index in [-0.39, 0.29) is 12.0 Å². The number of anilines is 1. The van der Waals surface area contributed by atoms with Gasteiger partial charge in [-0.15, -0.1) is 0 Å². The zero-order valence-corrected chi connectivity index (χ0v) is 10.8. The molecule has 96 valence electrons. The third-order valence-electron chi connectivity index (χ3n) is 2.58. The monoisotopic (exact) mass is 246 g/mol. The van der Waals surface area contributed by atoms with Crippen LogP contribution in [0.3, 0.4) is 0 Å². The summed E-state index contributed by atoms with van der Waals surface area (Å²) in [5, 5.41) is 11.5. The van der Waals surface area contributed by atoms with Crippen molar-refractivity contribution in [3.8, 4) is 6.07 Å². The van der Waals surface area contributed by atoms with E-state index in [4.69, 9.17) is 10.00 Å². The predicted molar refractivity (Wildman–Crippen MR) is 70.1 cm³/mol. The van der Waals surface area contributed by atoms with E-state index < -0.39 is 0 Å². The molecule has 1 aromatic rings. The molecule has 4 heteroatoms. The second-order valence-electron chi connectivity index (χ2n) is 4.08. The number of carbonyl (C=O) groups excluding carboxylic acids is 1.